The molecule has 0 aliphatic rings. The van der Waals surface area contributed by atoms with Crippen LogP contribution in [-0.2, 0) is 0 Å². The highest BCUT2D eigenvalue weighted by molar-refractivity contribution is 5.82. The zero-order valence-corrected chi connectivity index (χ0v) is 9.88. The summed E-state index contributed by atoms with van der Waals surface area (Å²) in [6.07, 6.45) is 3.34. The van der Waals surface area contributed by atoms with Crippen LogP contribution in [0.4, 0.5) is 0 Å². The molecule has 3 nitrogen and oxygen atoms in total. The Labute approximate surface area is 104 Å². The third kappa shape index (κ3) is 1.80. The molecule has 0 N–H and O–H groups in total. The van der Waals surface area contributed by atoms with Gasteiger partial charge in [-0.2, -0.15) is 0 Å². The van der Waals surface area contributed by atoms with Crippen LogP contribution in [0.15, 0.2) is 58.0 Å². The Bertz CT molecular complexity index is 760. The van der Waals surface area contributed by atoms with E-state index in [4.69, 9.17) is 4.42 Å². The molecule has 0 aliphatic carbocycles. The van der Waals surface area contributed by atoms with E-state index in [1.807, 2.05) is 37.3 Å². The Morgan fingerprint density at radius 3 is 2.83 bits per heavy atom. The first-order valence-electron chi connectivity index (χ1n) is 5.69. The van der Waals surface area contributed by atoms with Gasteiger partial charge in [0.2, 0.25) is 0 Å². The molecular formula is C15H11NO2. The molecule has 0 fully saturated rings. The van der Waals surface area contributed by atoms with Crippen molar-refractivity contribution in [3.8, 4) is 11.1 Å². The van der Waals surface area contributed by atoms with Crippen molar-refractivity contribution in [2.24, 2.45) is 0 Å². The van der Waals surface area contributed by atoms with Crippen LogP contribution in [0.2, 0.25) is 0 Å². The van der Waals surface area contributed by atoms with E-state index >= 15 is 0 Å². The molecule has 0 atom stereocenters. The Hall–Kier alpha value is -2.42. The SMILES string of the molecule is Cc1ccc2oc(=O)c(-c3cccnc3)cc2c1. The second-order valence-corrected chi connectivity index (χ2v) is 4.23. The fraction of sp³-hybridized carbons (Fsp3) is 0.0667. The second-order valence-electron chi connectivity index (χ2n) is 4.23. The van der Waals surface area contributed by atoms with Crippen molar-refractivity contribution in [2.45, 2.75) is 6.92 Å². The van der Waals surface area contributed by atoms with Crippen LogP contribution in [0.3, 0.4) is 0 Å². The summed E-state index contributed by atoms with van der Waals surface area (Å²) in [5, 5.41) is 0.924. The third-order valence-electron chi connectivity index (χ3n) is 2.86. The van der Waals surface area contributed by atoms with E-state index in [1.54, 1.807) is 18.5 Å². The number of pyridine rings is 1. The zero-order valence-electron chi connectivity index (χ0n) is 9.88. The number of aromatic nitrogens is 1. The first-order valence-corrected chi connectivity index (χ1v) is 5.69. The van der Waals surface area contributed by atoms with Gasteiger partial charge >= 0.3 is 5.63 Å². The molecule has 0 saturated carbocycles. The summed E-state index contributed by atoms with van der Waals surface area (Å²) in [5.41, 5.74) is 2.72. The van der Waals surface area contributed by atoms with Crippen LogP contribution in [0.5, 0.6) is 0 Å². The maximum atomic E-state index is 11.9. The summed E-state index contributed by atoms with van der Waals surface area (Å²) in [7, 11) is 0. The first-order chi connectivity index (χ1) is 8.74. The minimum atomic E-state index is -0.334. The van der Waals surface area contributed by atoms with Crippen LogP contribution < -0.4 is 5.63 Å². The molecule has 3 aromatic rings. The van der Waals surface area contributed by atoms with Crippen LogP contribution >= 0.6 is 0 Å². The Morgan fingerprint density at radius 1 is 1.17 bits per heavy atom. The standard InChI is InChI=1S/C15H11NO2/c1-10-4-5-14-12(7-10)8-13(15(17)18-14)11-3-2-6-16-9-11/h2-9H,1H3. The van der Waals surface area contributed by atoms with E-state index in [0.29, 0.717) is 11.1 Å². The molecule has 0 unspecified atom stereocenters. The number of hydrogen-bond donors (Lipinski definition) is 0. The zero-order chi connectivity index (χ0) is 12.5. The molecule has 2 aromatic heterocycles. The van der Waals surface area contributed by atoms with Gasteiger partial charge in [0.25, 0.3) is 0 Å². The molecule has 3 rings (SSSR count). The second kappa shape index (κ2) is 4.11. The Morgan fingerprint density at radius 2 is 2.06 bits per heavy atom. The lowest BCUT2D eigenvalue weighted by molar-refractivity contribution is 0.563. The van der Waals surface area contributed by atoms with Gasteiger partial charge in [-0.05, 0) is 31.2 Å². The summed E-state index contributed by atoms with van der Waals surface area (Å²) in [5.74, 6) is 0. The van der Waals surface area contributed by atoms with Crippen molar-refractivity contribution in [3.05, 3.63) is 64.8 Å². The van der Waals surface area contributed by atoms with E-state index < -0.39 is 0 Å². The van der Waals surface area contributed by atoms with E-state index in [-0.39, 0.29) is 5.63 Å². The summed E-state index contributed by atoms with van der Waals surface area (Å²) < 4.78 is 5.32. The fourth-order valence-electron chi connectivity index (χ4n) is 1.97. The van der Waals surface area contributed by atoms with Crippen molar-refractivity contribution in [3.63, 3.8) is 0 Å². The average Bonchev–Trinajstić information content (AvgIpc) is 2.39. The normalized spacial score (nSPS) is 10.7. The minimum absolute atomic E-state index is 0.334. The highest BCUT2D eigenvalue weighted by Gasteiger charge is 2.07. The molecule has 0 amide bonds. The number of nitrogens with zero attached hydrogens (tertiary/aromatic N) is 1. The highest BCUT2D eigenvalue weighted by atomic mass is 16.4. The molecular weight excluding hydrogens is 226 g/mol. The molecule has 0 bridgehead atoms. The topological polar surface area (TPSA) is 43.1 Å². The van der Waals surface area contributed by atoms with Gasteiger partial charge in [0, 0.05) is 23.3 Å². The van der Waals surface area contributed by atoms with Crippen molar-refractivity contribution in [1.82, 2.24) is 4.98 Å². The average molecular weight is 237 g/mol. The maximum Gasteiger partial charge on any atom is 0.344 e. The number of hydrogen-bond acceptors (Lipinski definition) is 3. The monoisotopic (exact) mass is 237 g/mol. The molecule has 18 heavy (non-hydrogen) atoms. The Kier molecular flexibility index (Phi) is 2.45. The number of aryl methyl sites for hydroxylation is 1. The molecule has 2 heterocycles. The van der Waals surface area contributed by atoms with Crippen LogP contribution in [0.25, 0.3) is 22.1 Å². The van der Waals surface area contributed by atoms with Crippen molar-refractivity contribution in [1.29, 1.82) is 0 Å². The number of rotatable bonds is 1. The summed E-state index contributed by atoms with van der Waals surface area (Å²) >= 11 is 0. The molecule has 0 saturated heterocycles. The summed E-state index contributed by atoms with van der Waals surface area (Å²) in [4.78, 5) is 15.9. The molecule has 0 spiro atoms. The lowest BCUT2D eigenvalue weighted by Crippen LogP contribution is -2.02. The lowest BCUT2D eigenvalue weighted by Gasteiger charge is -2.02. The van der Waals surface area contributed by atoms with Gasteiger partial charge in [0.1, 0.15) is 5.58 Å². The predicted octanol–water partition coefficient (Wildman–Crippen LogP) is 3.16. The quantitative estimate of drug-likeness (QED) is 0.610. The van der Waals surface area contributed by atoms with E-state index in [9.17, 15) is 4.79 Å². The van der Waals surface area contributed by atoms with Crippen molar-refractivity contribution in [2.75, 3.05) is 0 Å². The lowest BCUT2D eigenvalue weighted by atomic mass is 10.1. The molecule has 3 heteroatoms. The first kappa shape index (κ1) is 10.7. The Balaban J connectivity index is 2.31. The van der Waals surface area contributed by atoms with Gasteiger partial charge in [-0.25, -0.2) is 4.79 Å². The smallest absolute Gasteiger partial charge is 0.344 e. The number of fused-ring (bicyclic) bond motifs is 1. The van der Waals surface area contributed by atoms with Gasteiger partial charge in [0.05, 0.1) is 5.56 Å². The van der Waals surface area contributed by atoms with E-state index in [0.717, 1.165) is 16.5 Å². The third-order valence-corrected chi connectivity index (χ3v) is 2.86. The molecule has 1 aromatic carbocycles. The van der Waals surface area contributed by atoms with Crippen molar-refractivity contribution < 1.29 is 4.42 Å². The molecule has 0 radical (unpaired) electrons. The van der Waals surface area contributed by atoms with Gasteiger partial charge in [-0.1, -0.05) is 17.7 Å². The van der Waals surface area contributed by atoms with E-state index in [2.05, 4.69) is 4.98 Å². The fourth-order valence-corrected chi connectivity index (χ4v) is 1.97. The molecule has 0 aliphatic heterocycles. The molecule has 88 valence electrons. The van der Waals surface area contributed by atoms with Crippen LogP contribution in [0, 0.1) is 6.92 Å². The largest absolute Gasteiger partial charge is 0.422 e. The maximum absolute atomic E-state index is 11.9. The number of benzene rings is 1. The summed E-state index contributed by atoms with van der Waals surface area (Å²) in [6, 6.07) is 11.2. The highest BCUT2D eigenvalue weighted by Crippen LogP contribution is 2.20. The van der Waals surface area contributed by atoms with Gasteiger partial charge in [-0.3, -0.25) is 4.98 Å². The minimum Gasteiger partial charge on any atom is -0.422 e. The van der Waals surface area contributed by atoms with Gasteiger partial charge in [-0.15, -0.1) is 0 Å². The van der Waals surface area contributed by atoms with Crippen LogP contribution in [0.1, 0.15) is 5.56 Å². The van der Waals surface area contributed by atoms with Gasteiger partial charge < -0.3 is 4.42 Å². The van der Waals surface area contributed by atoms with Crippen molar-refractivity contribution >= 4 is 11.0 Å². The summed E-state index contributed by atoms with van der Waals surface area (Å²) in [6.45, 7) is 2.01. The van der Waals surface area contributed by atoms with Crippen LogP contribution in [-0.4, -0.2) is 4.98 Å². The van der Waals surface area contributed by atoms with E-state index in [1.165, 1.54) is 0 Å². The van der Waals surface area contributed by atoms with Gasteiger partial charge in [0.15, 0.2) is 0 Å². The predicted molar refractivity (Wildman–Crippen MR) is 70.5 cm³/mol.